The molecule has 80 valence electrons. The van der Waals surface area contributed by atoms with Gasteiger partial charge >= 0.3 is 5.97 Å². The van der Waals surface area contributed by atoms with E-state index in [1.165, 1.54) is 7.11 Å². The van der Waals surface area contributed by atoms with E-state index in [-0.39, 0.29) is 18.1 Å². The van der Waals surface area contributed by atoms with Crippen molar-refractivity contribution in [1.29, 1.82) is 0 Å². The van der Waals surface area contributed by atoms with Gasteiger partial charge in [0.15, 0.2) is 6.04 Å². The standard InChI is InChI=1S/C10H18N2O2/c1-6(2)11-9-8(10(13)14-5)12(9)7(3)4/h6-8H,1-5H3. The van der Waals surface area contributed by atoms with Crippen LogP contribution in [0.15, 0.2) is 4.99 Å². The summed E-state index contributed by atoms with van der Waals surface area (Å²) in [7, 11) is 1.41. The number of aliphatic imine (C=N–C) groups is 1. The lowest BCUT2D eigenvalue weighted by Gasteiger charge is -2.05. The zero-order valence-electron chi connectivity index (χ0n) is 9.44. The Hall–Kier alpha value is -1.06. The van der Waals surface area contributed by atoms with Gasteiger partial charge in [-0.05, 0) is 27.7 Å². The molecule has 1 fully saturated rings. The van der Waals surface area contributed by atoms with Gasteiger partial charge in [-0.3, -0.25) is 4.99 Å². The summed E-state index contributed by atoms with van der Waals surface area (Å²) >= 11 is 0. The normalized spacial score (nSPS) is 23.5. The van der Waals surface area contributed by atoms with Crippen molar-refractivity contribution in [3.8, 4) is 0 Å². The van der Waals surface area contributed by atoms with Gasteiger partial charge in [0.1, 0.15) is 5.84 Å². The topological polar surface area (TPSA) is 41.7 Å². The lowest BCUT2D eigenvalue weighted by molar-refractivity contribution is -0.140. The van der Waals surface area contributed by atoms with Crippen LogP contribution in [0.2, 0.25) is 0 Å². The molecule has 0 aromatic heterocycles. The van der Waals surface area contributed by atoms with Crippen molar-refractivity contribution in [2.24, 2.45) is 4.99 Å². The molecule has 1 aliphatic heterocycles. The third-order valence-corrected chi connectivity index (χ3v) is 2.09. The summed E-state index contributed by atoms with van der Waals surface area (Å²) < 4.78 is 4.70. The average molecular weight is 198 g/mol. The highest BCUT2D eigenvalue weighted by atomic mass is 16.5. The highest BCUT2D eigenvalue weighted by Crippen LogP contribution is 2.27. The van der Waals surface area contributed by atoms with E-state index < -0.39 is 0 Å². The predicted octanol–water partition coefficient (Wildman–Crippen LogP) is 1.06. The fourth-order valence-electron chi connectivity index (χ4n) is 1.49. The van der Waals surface area contributed by atoms with Crippen molar-refractivity contribution < 1.29 is 9.53 Å². The molecule has 0 aromatic carbocycles. The SMILES string of the molecule is COC(=O)C1C(=NC(C)C)N1C(C)C. The first-order valence-corrected chi connectivity index (χ1v) is 4.93. The van der Waals surface area contributed by atoms with E-state index in [4.69, 9.17) is 4.74 Å². The monoisotopic (exact) mass is 198 g/mol. The van der Waals surface area contributed by atoms with Crippen molar-refractivity contribution in [3.63, 3.8) is 0 Å². The van der Waals surface area contributed by atoms with Crippen LogP contribution in [0, 0.1) is 0 Å². The Bertz CT molecular complexity index is 259. The summed E-state index contributed by atoms with van der Waals surface area (Å²) in [6, 6.07) is 0.292. The molecule has 0 aliphatic carbocycles. The van der Waals surface area contributed by atoms with E-state index >= 15 is 0 Å². The van der Waals surface area contributed by atoms with E-state index in [2.05, 4.69) is 4.99 Å². The van der Waals surface area contributed by atoms with Crippen LogP contribution >= 0.6 is 0 Å². The second kappa shape index (κ2) is 3.98. The van der Waals surface area contributed by atoms with Crippen LogP contribution < -0.4 is 0 Å². The Morgan fingerprint density at radius 2 is 2.00 bits per heavy atom. The maximum atomic E-state index is 11.3. The molecule has 0 bridgehead atoms. The summed E-state index contributed by atoms with van der Waals surface area (Å²) in [6.07, 6.45) is 0. The van der Waals surface area contributed by atoms with Crippen molar-refractivity contribution in [3.05, 3.63) is 0 Å². The average Bonchev–Trinajstić information content (AvgIpc) is 2.76. The number of carbonyl (C=O) groups excluding carboxylic acids is 1. The predicted molar refractivity (Wildman–Crippen MR) is 55.4 cm³/mol. The second-order valence-corrected chi connectivity index (χ2v) is 4.01. The fraction of sp³-hybridized carbons (Fsp3) is 0.800. The van der Waals surface area contributed by atoms with Crippen molar-refractivity contribution in [2.45, 2.75) is 45.8 Å². The zero-order chi connectivity index (χ0) is 10.9. The number of hydrogen-bond acceptors (Lipinski definition) is 3. The number of ether oxygens (including phenoxy) is 1. The second-order valence-electron chi connectivity index (χ2n) is 4.01. The molecule has 14 heavy (non-hydrogen) atoms. The molecule has 1 aliphatic rings. The minimum Gasteiger partial charge on any atom is -0.467 e. The first kappa shape index (κ1) is 11.0. The zero-order valence-corrected chi connectivity index (χ0v) is 9.44. The highest BCUT2D eigenvalue weighted by molar-refractivity contribution is 6.17. The van der Waals surface area contributed by atoms with Gasteiger partial charge in [0.2, 0.25) is 0 Å². The van der Waals surface area contributed by atoms with Gasteiger partial charge in [-0.1, -0.05) is 0 Å². The first-order valence-electron chi connectivity index (χ1n) is 4.93. The Labute approximate surface area is 84.9 Å². The summed E-state index contributed by atoms with van der Waals surface area (Å²) in [5, 5.41) is 0. The number of rotatable bonds is 3. The van der Waals surface area contributed by atoms with E-state index in [0.29, 0.717) is 6.04 Å². The molecule has 1 heterocycles. The molecule has 4 nitrogen and oxygen atoms in total. The number of amidine groups is 1. The van der Waals surface area contributed by atoms with Crippen molar-refractivity contribution in [2.75, 3.05) is 7.11 Å². The molecular weight excluding hydrogens is 180 g/mol. The minimum absolute atomic E-state index is 0.210. The van der Waals surface area contributed by atoms with E-state index in [1.807, 2.05) is 32.6 Å². The third-order valence-electron chi connectivity index (χ3n) is 2.09. The van der Waals surface area contributed by atoms with Crippen molar-refractivity contribution in [1.82, 2.24) is 4.90 Å². The molecule has 0 saturated carbocycles. The molecule has 1 unspecified atom stereocenters. The minimum atomic E-state index is -0.234. The molecule has 0 radical (unpaired) electrons. The summed E-state index contributed by atoms with van der Waals surface area (Å²) in [4.78, 5) is 17.7. The quantitative estimate of drug-likeness (QED) is 0.503. The first-order chi connectivity index (χ1) is 6.49. The highest BCUT2D eigenvalue weighted by Gasteiger charge is 2.50. The molecule has 0 spiro atoms. The maximum absolute atomic E-state index is 11.3. The lowest BCUT2D eigenvalue weighted by atomic mass is 10.4. The Morgan fingerprint density at radius 3 is 2.36 bits per heavy atom. The Balaban J connectivity index is 2.74. The molecule has 4 heteroatoms. The number of methoxy groups -OCH3 is 1. The number of nitrogens with zero attached hydrogens (tertiary/aromatic N) is 2. The van der Waals surface area contributed by atoms with Gasteiger partial charge in [-0.2, -0.15) is 0 Å². The fourth-order valence-corrected chi connectivity index (χ4v) is 1.49. The van der Waals surface area contributed by atoms with E-state index in [1.54, 1.807) is 0 Å². The number of esters is 1. The van der Waals surface area contributed by atoms with Gasteiger partial charge in [-0.25, -0.2) is 4.79 Å². The molecule has 1 atom stereocenters. The van der Waals surface area contributed by atoms with Gasteiger partial charge < -0.3 is 9.64 Å². The summed E-state index contributed by atoms with van der Waals surface area (Å²) in [5.74, 6) is 0.653. The van der Waals surface area contributed by atoms with Gasteiger partial charge in [0.25, 0.3) is 0 Å². The molecule has 0 aromatic rings. The third kappa shape index (κ3) is 2.05. The van der Waals surface area contributed by atoms with Crippen LogP contribution in [0.1, 0.15) is 27.7 Å². The van der Waals surface area contributed by atoms with Crippen LogP contribution in [-0.4, -0.2) is 41.9 Å². The Kier molecular flexibility index (Phi) is 3.13. The van der Waals surface area contributed by atoms with Gasteiger partial charge in [0, 0.05) is 12.1 Å². The molecular formula is C10H18N2O2. The Morgan fingerprint density at radius 1 is 1.43 bits per heavy atom. The molecule has 1 rings (SSSR count). The van der Waals surface area contributed by atoms with Crippen LogP contribution in [0.4, 0.5) is 0 Å². The largest absolute Gasteiger partial charge is 0.467 e. The van der Waals surface area contributed by atoms with Crippen LogP contribution in [0.25, 0.3) is 0 Å². The smallest absolute Gasteiger partial charge is 0.336 e. The molecule has 0 N–H and O–H groups in total. The van der Waals surface area contributed by atoms with Crippen LogP contribution in [-0.2, 0) is 9.53 Å². The molecule has 1 saturated heterocycles. The summed E-state index contributed by atoms with van der Waals surface area (Å²) in [5.41, 5.74) is 0. The van der Waals surface area contributed by atoms with Gasteiger partial charge in [0.05, 0.1) is 7.11 Å². The molecule has 0 amide bonds. The number of carbonyl (C=O) groups is 1. The van der Waals surface area contributed by atoms with Crippen LogP contribution in [0.5, 0.6) is 0 Å². The van der Waals surface area contributed by atoms with E-state index in [9.17, 15) is 4.79 Å². The van der Waals surface area contributed by atoms with Crippen molar-refractivity contribution >= 4 is 11.8 Å². The van der Waals surface area contributed by atoms with E-state index in [0.717, 1.165) is 5.84 Å². The van der Waals surface area contributed by atoms with Gasteiger partial charge in [-0.15, -0.1) is 0 Å². The lowest BCUT2D eigenvalue weighted by Crippen LogP contribution is -2.19. The summed E-state index contributed by atoms with van der Waals surface area (Å²) in [6.45, 7) is 8.08. The number of hydrogen-bond donors (Lipinski definition) is 0. The van der Waals surface area contributed by atoms with Crippen LogP contribution in [0.3, 0.4) is 0 Å². The maximum Gasteiger partial charge on any atom is 0.336 e.